The fourth-order valence-corrected chi connectivity index (χ4v) is 1.95. The van der Waals surface area contributed by atoms with Crippen molar-refractivity contribution in [2.24, 2.45) is 10.7 Å². The van der Waals surface area contributed by atoms with Crippen LogP contribution in [0, 0.1) is 0 Å². The van der Waals surface area contributed by atoms with Gasteiger partial charge in [0.1, 0.15) is 5.84 Å². The van der Waals surface area contributed by atoms with Gasteiger partial charge in [-0.1, -0.05) is 44.2 Å². The Kier molecular flexibility index (Phi) is 6.44. The van der Waals surface area contributed by atoms with Gasteiger partial charge in [-0.25, -0.2) is 0 Å². The molecule has 1 aromatic rings. The van der Waals surface area contributed by atoms with Crippen LogP contribution in [0.3, 0.4) is 0 Å². The molecule has 1 heterocycles. The zero-order valence-electron chi connectivity index (χ0n) is 11.8. The molecule has 2 rings (SSSR count). The Morgan fingerprint density at radius 1 is 1.28 bits per heavy atom. The topological polar surface area (TPSA) is 41.6 Å². The third-order valence-corrected chi connectivity index (χ3v) is 2.93. The lowest BCUT2D eigenvalue weighted by molar-refractivity contribution is 0.487. The van der Waals surface area contributed by atoms with Crippen molar-refractivity contribution >= 4 is 5.84 Å². The fourth-order valence-electron chi connectivity index (χ4n) is 1.95. The van der Waals surface area contributed by atoms with Crippen LogP contribution in [-0.4, -0.2) is 36.9 Å². The third-order valence-electron chi connectivity index (χ3n) is 2.93. The number of nitrogens with zero attached hydrogens (tertiary/aromatic N) is 2. The molecule has 2 N–H and O–H groups in total. The minimum atomic E-state index is 0.508. The van der Waals surface area contributed by atoms with Gasteiger partial charge >= 0.3 is 0 Å². The molecular weight excluding hydrogens is 222 g/mol. The van der Waals surface area contributed by atoms with E-state index in [-0.39, 0.29) is 0 Å². The molecule has 1 aliphatic heterocycles. The maximum absolute atomic E-state index is 4.85. The molecule has 0 radical (unpaired) electrons. The Balaban J connectivity index is 0.000000492. The average Bonchev–Trinajstić information content (AvgIpc) is 2.73. The molecule has 1 aliphatic rings. The lowest BCUT2D eigenvalue weighted by atomic mass is 10.1. The summed E-state index contributed by atoms with van der Waals surface area (Å²) in [5.74, 6) is 1.23. The summed E-state index contributed by atoms with van der Waals surface area (Å²) in [5, 5.41) is 0. The van der Waals surface area contributed by atoms with Gasteiger partial charge in [0.05, 0.1) is 6.04 Å². The largest absolute Gasteiger partial charge is 0.361 e. The highest BCUT2D eigenvalue weighted by Crippen LogP contribution is 2.13. The van der Waals surface area contributed by atoms with Crippen molar-refractivity contribution in [1.29, 1.82) is 0 Å². The van der Waals surface area contributed by atoms with Crippen molar-refractivity contribution in [2.45, 2.75) is 32.7 Å². The number of amidine groups is 1. The van der Waals surface area contributed by atoms with E-state index in [1.54, 1.807) is 0 Å². The van der Waals surface area contributed by atoms with Crippen LogP contribution in [0.4, 0.5) is 0 Å². The third kappa shape index (κ3) is 4.49. The summed E-state index contributed by atoms with van der Waals surface area (Å²) in [4.78, 5) is 7.00. The molecule has 100 valence electrons. The lowest BCUT2D eigenvalue weighted by Gasteiger charge is -2.14. The second-order valence-corrected chi connectivity index (χ2v) is 4.56. The highest BCUT2D eigenvalue weighted by Gasteiger charge is 2.20. The van der Waals surface area contributed by atoms with E-state index >= 15 is 0 Å². The molecule has 18 heavy (non-hydrogen) atoms. The van der Waals surface area contributed by atoms with E-state index in [0.717, 1.165) is 25.9 Å². The van der Waals surface area contributed by atoms with E-state index in [1.165, 1.54) is 11.4 Å². The van der Waals surface area contributed by atoms with Gasteiger partial charge in [0.25, 0.3) is 0 Å². The van der Waals surface area contributed by atoms with Crippen molar-refractivity contribution in [3.63, 3.8) is 0 Å². The number of hydrogen-bond acceptors (Lipinski definition) is 3. The van der Waals surface area contributed by atoms with Gasteiger partial charge in [-0.2, -0.15) is 0 Å². The monoisotopic (exact) mass is 247 g/mol. The Morgan fingerprint density at radius 2 is 1.89 bits per heavy atom. The maximum Gasteiger partial charge on any atom is 0.104 e. The van der Waals surface area contributed by atoms with Crippen LogP contribution in [0.2, 0.25) is 0 Å². The first-order valence-electron chi connectivity index (χ1n) is 6.73. The molecule has 0 saturated heterocycles. The maximum atomic E-state index is 4.85. The van der Waals surface area contributed by atoms with Gasteiger partial charge in [0.2, 0.25) is 0 Å². The second-order valence-electron chi connectivity index (χ2n) is 4.56. The molecule has 0 saturated carbocycles. The number of rotatable bonds is 3. The second kappa shape index (κ2) is 7.88. The summed E-state index contributed by atoms with van der Waals surface area (Å²) in [5.41, 5.74) is 6.19. The zero-order valence-corrected chi connectivity index (χ0v) is 11.8. The summed E-state index contributed by atoms with van der Waals surface area (Å²) < 4.78 is 0. The molecule has 3 heteroatoms. The predicted molar refractivity (Wildman–Crippen MR) is 79.0 cm³/mol. The van der Waals surface area contributed by atoms with Crippen molar-refractivity contribution in [1.82, 2.24) is 4.90 Å². The van der Waals surface area contributed by atoms with Crippen LogP contribution in [-0.2, 0) is 6.42 Å². The Bertz CT molecular complexity index is 359. The van der Waals surface area contributed by atoms with E-state index in [1.807, 2.05) is 6.92 Å². The van der Waals surface area contributed by atoms with E-state index < -0.39 is 0 Å². The van der Waals surface area contributed by atoms with Gasteiger partial charge in [-0.05, 0) is 18.5 Å². The summed E-state index contributed by atoms with van der Waals surface area (Å²) >= 11 is 0. The minimum absolute atomic E-state index is 0.508. The van der Waals surface area contributed by atoms with E-state index in [9.17, 15) is 0 Å². The number of nitrogens with two attached hydrogens (primary N) is 1. The van der Waals surface area contributed by atoms with Crippen LogP contribution >= 0.6 is 0 Å². The highest BCUT2D eigenvalue weighted by atomic mass is 15.2. The zero-order chi connectivity index (χ0) is 13.4. The molecule has 0 aromatic heterocycles. The average molecular weight is 247 g/mol. The number of hydrogen-bond donors (Lipinski definition) is 1. The fraction of sp³-hybridized carbons (Fsp3) is 0.533. The van der Waals surface area contributed by atoms with Gasteiger partial charge in [-0.3, -0.25) is 4.99 Å². The van der Waals surface area contributed by atoms with E-state index in [2.05, 4.69) is 49.2 Å². The SMILES string of the molecule is CCC1CN(C)C(Cc2ccccc2)=N1.CCN. The highest BCUT2D eigenvalue weighted by molar-refractivity contribution is 5.85. The normalized spacial score (nSPS) is 18.1. The van der Waals surface area contributed by atoms with Gasteiger partial charge in [0.15, 0.2) is 0 Å². The van der Waals surface area contributed by atoms with Crippen molar-refractivity contribution < 1.29 is 0 Å². The minimum Gasteiger partial charge on any atom is -0.361 e. The smallest absolute Gasteiger partial charge is 0.104 e. The molecule has 0 amide bonds. The molecular formula is C15H25N3. The standard InChI is InChI=1S/C13H18N2.C2H7N/c1-3-12-10-15(2)13(14-12)9-11-7-5-4-6-8-11;1-2-3/h4-8,12H,3,9-10H2,1-2H3;2-3H2,1H3. The Morgan fingerprint density at radius 3 is 2.39 bits per heavy atom. The van der Waals surface area contributed by atoms with Gasteiger partial charge in [-0.15, -0.1) is 0 Å². The molecule has 0 fully saturated rings. The lowest BCUT2D eigenvalue weighted by Crippen LogP contribution is -2.25. The van der Waals surface area contributed by atoms with Gasteiger partial charge < -0.3 is 10.6 Å². The molecule has 1 unspecified atom stereocenters. The summed E-state index contributed by atoms with van der Waals surface area (Å²) in [6, 6.07) is 11.1. The van der Waals surface area contributed by atoms with Crippen LogP contribution in [0.5, 0.6) is 0 Å². The van der Waals surface area contributed by atoms with Crippen molar-refractivity contribution in [3.05, 3.63) is 35.9 Å². The van der Waals surface area contributed by atoms with Crippen LogP contribution in [0.25, 0.3) is 0 Å². The van der Waals surface area contributed by atoms with Crippen molar-refractivity contribution in [3.8, 4) is 0 Å². The number of likely N-dealkylation sites (N-methyl/N-ethyl adjacent to an activating group) is 1. The first kappa shape index (κ1) is 14.7. The molecule has 0 bridgehead atoms. The Labute approximate surface area is 111 Å². The van der Waals surface area contributed by atoms with E-state index in [0.29, 0.717) is 6.04 Å². The summed E-state index contributed by atoms with van der Waals surface area (Å²) in [6.07, 6.45) is 2.11. The summed E-state index contributed by atoms with van der Waals surface area (Å²) in [6.45, 7) is 5.94. The number of benzene rings is 1. The Hall–Kier alpha value is -1.35. The van der Waals surface area contributed by atoms with Crippen molar-refractivity contribution in [2.75, 3.05) is 20.1 Å². The molecule has 0 spiro atoms. The van der Waals surface area contributed by atoms with Gasteiger partial charge in [0, 0.05) is 20.0 Å². The first-order valence-corrected chi connectivity index (χ1v) is 6.73. The number of aliphatic imine (C=N–C) groups is 1. The summed E-state index contributed by atoms with van der Waals surface area (Å²) in [7, 11) is 2.14. The first-order chi connectivity index (χ1) is 8.71. The molecule has 3 nitrogen and oxygen atoms in total. The van der Waals surface area contributed by atoms with Crippen LogP contribution in [0.1, 0.15) is 25.8 Å². The van der Waals surface area contributed by atoms with Crippen LogP contribution < -0.4 is 5.73 Å². The van der Waals surface area contributed by atoms with Crippen LogP contribution in [0.15, 0.2) is 35.3 Å². The quantitative estimate of drug-likeness (QED) is 0.890. The molecule has 1 aromatic carbocycles. The predicted octanol–water partition coefficient (Wildman–Crippen LogP) is 2.32. The van der Waals surface area contributed by atoms with E-state index in [4.69, 9.17) is 10.7 Å². The molecule has 0 aliphatic carbocycles. The molecule has 1 atom stereocenters.